The zero-order valence-electron chi connectivity index (χ0n) is 17.5. The monoisotopic (exact) mass is 412 g/mol. The fourth-order valence-electron chi connectivity index (χ4n) is 2.63. The Labute approximate surface area is 176 Å². The predicted octanol–water partition coefficient (Wildman–Crippen LogP) is 2.95. The van der Waals surface area contributed by atoms with Crippen LogP contribution >= 0.6 is 0 Å². The minimum Gasteiger partial charge on any atom is -0.484 e. The first-order valence-electron chi connectivity index (χ1n) is 9.91. The molecule has 1 atom stereocenters. The maximum absolute atomic E-state index is 12.4. The van der Waals surface area contributed by atoms with Gasteiger partial charge in [0.1, 0.15) is 11.8 Å². The lowest BCUT2D eigenvalue weighted by molar-refractivity contribution is -0.152. The largest absolute Gasteiger partial charge is 0.484 e. The van der Waals surface area contributed by atoms with Crippen molar-refractivity contribution in [3.05, 3.63) is 60.2 Å². The number of ether oxygens (including phenoxy) is 2. The molecule has 0 aromatic heterocycles. The molecular weight excluding hydrogens is 384 g/mol. The van der Waals surface area contributed by atoms with Crippen molar-refractivity contribution < 1.29 is 23.9 Å². The summed E-state index contributed by atoms with van der Waals surface area (Å²) in [6.07, 6.45) is 0.907. The van der Waals surface area contributed by atoms with E-state index in [9.17, 15) is 14.4 Å². The van der Waals surface area contributed by atoms with E-state index < -0.39 is 30.4 Å². The van der Waals surface area contributed by atoms with Crippen LogP contribution in [-0.4, -0.2) is 37.0 Å². The van der Waals surface area contributed by atoms with Crippen molar-refractivity contribution in [1.29, 1.82) is 0 Å². The molecule has 0 fully saturated rings. The quantitative estimate of drug-likeness (QED) is 0.585. The molecule has 0 spiro atoms. The number of anilines is 1. The molecule has 160 valence electrons. The first-order chi connectivity index (χ1) is 14.4. The molecule has 0 aliphatic heterocycles. The lowest BCUT2D eigenvalue weighted by Crippen LogP contribution is -2.47. The molecule has 0 bridgehead atoms. The summed E-state index contributed by atoms with van der Waals surface area (Å²) in [6, 6.07) is 15.4. The van der Waals surface area contributed by atoms with E-state index in [1.165, 1.54) is 0 Å². The summed E-state index contributed by atoms with van der Waals surface area (Å²) in [7, 11) is 0. The maximum Gasteiger partial charge on any atom is 0.329 e. The van der Waals surface area contributed by atoms with Crippen molar-refractivity contribution >= 4 is 23.5 Å². The SMILES string of the molecule is CCc1ccc(NC(=O)COC(=O)[C@@H](NC(=O)COc2ccccc2)C(C)C)cc1. The topological polar surface area (TPSA) is 93.7 Å². The fraction of sp³-hybridized carbons (Fsp3) is 0.348. The van der Waals surface area contributed by atoms with E-state index in [0.29, 0.717) is 11.4 Å². The Bertz CT molecular complexity index is 834. The third kappa shape index (κ3) is 7.58. The number of hydrogen-bond acceptors (Lipinski definition) is 5. The Morgan fingerprint density at radius 3 is 2.17 bits per heavy atom. The van der Waals surface area contributed by atoms with Gasteiger partial charge in [0.15, 0.2) is 13.2 Å². The Balaban J connectivity index is 1.80. The van der Waals surface area contributed by atoms with Crippen LogP contribution in [0.3, 0.4) is 0 Å². The third-order valence-electron chi connectivity index (χ3n) is 4.34. The molecule has 0 aliphatic rings. The standard InChI is InChI=1S/C23H28N2O5/c1-4-17-10-12-18(13-11-17)24-20(26)15-30-23(28)22(16(2)3)25-21(27)14-29-19-8-6-5-7-9-19/h5-13,16,22H,4,14-15H2,1-3H3,(H,24,26)(H,25,27)/t22-/m0/s1. The van der Waals surface area contributed by atoms with Crippen LogP contribution in [0.2, 0.25) is 0 Å². The highest BCUT2D eigenvalue weighted by molar-refractivity contribution is 5.93. The molecule has 0 aliphatic carbocycles. The molecule has 2 amide bonds. The van der Waals surface area contributed by atoms with E-state index in [1.54, 1.807) is 50.2 Å². The summed E-state index contributed by atoms with van der Waals surface area (Å²) < 4.78 is 10.5. The van der Waals surface area contributed by atoms with Crippen LogP contribution in [0.15, 0.2) is 54.6 Å². The van der Waals surface area contributed by atoms with E-state index in [0.717, 1.165) is 12.0 Å². The van der Waals surface area contributed by atoms with E-state index in [2.05, 4.69) is 10.6 Å². The van der Waals surface area contributed by atoms with Gasteiger partial charge in [0.25, 0.3) is 11.8 Å². The van der Waals surface area contributed by atoms with Crippen LogP contribution < -0.4 is 15.4 Å². The summed E-state index contributed by atoms with van der Waals surface area (Å²) in [5.41, 5.74) is 1.78. The normalized spacial score (nSPS) is 11.5. The lowest BCUT2D eigenvalue weighted by Gasteiger charge is -2.20. The van der Waals surface area contributed by atoms with Crippen LogP contribution in [-0.2, 0) is 25.5 Å². The molecule has 0 saturated carbocycles. The van der Waals surface area contributed by atoms with Gasteiger partial charge in [-0.1, -0.05) is 51.1 Å². The summed E-state index contributed by atoms with van der Waals surface area (Å²) in [5, 5.41) is 5.27. The first kappa shape index (κ1) is 22.9. The van der Waals surface area contributed by atoms with E-state index in [-0.39, 0.29) is 12.5 Å². The van der Waals surface area contributed by atoms with Gasteiger partial charge >= 0.3 is 5.97 Å². The number of amides is 2. The number of carbonyl (C=O) groups is 3. The molecule has 2 N–H and O–H groups in total. The Kier molecular flexibility index (Phi) is 8.87. The van der Waals surface area contributed by atoms with Gasteiger partial charge in [-0.25, -0.2) is 4.79 Å². The second-order valence-corrected chi connectivity index (χ2v) is 7.10. The van der Waals surface area contributed by atoms with Gasteiger partial charge in [0.05, 0.1) is 0 Å². The maximum atomic E-state index is 12.4. The minimum absolute atomic E-state index is 0.220. The van der Waals surface area contributed by atoms with Gasteiger partial charge in [0, 0.05) is 5.69 Å². The summed E-state index contributed by atoms with van der Waals surface area (Å²) >= 11 is 0. The summed E-state index contributed by atoms with van der Waals surface area (Å²) in [4.78, 5) is 36.6. The highest BCUT2D eigenvalue weighted by Crippen LogP contribution is 2.11. The molecule has 2 rings (SSSR count). The number of aryl methyl sites for hydroxylation is 1. The fourth-order valence-corrected chi connectivity index (χ4v) is 2.63. The van der Waals surface area contributed by atoms with Crippen molar-refractivity contribution in [2.75, 3.05) is 18.5 Å². The van der Waals surface area contributed by atoms with Crippen LogP contribution in [0, 0.1) is 5.92 Å². The summed E-state index contributed by atoms with van der Waals surface area (Å²) in [5.74, 6) is -1.24. The molecule has 2 aromatic carbocycles. The molecule has 0 radical (unpaired) electrons. The molecule has 0 saturated heterocycles. The van der Waals surface area contributed by atoms with Crippen molar-refractivity contribution in [2.24, 2.45) is 5.92 Å². The Morgan fingerprint density at radius 1 is 0.900 bits per heavy atom. The minimum atomic E-state index is -0.881. The van der Waals surface area contributed by atoms with Crippen molar-refractivity contribution in [3.63, 3.8) is 0 Å². The van der Waals surface area contributed by atoms with Crippen LogP contribution in [0.4, 0.5) is 5.69 Å². The van der Waals surface area contributed by atoms with Crippen LogP contribution in [0.1, 0.15) is 26.3 Å². The number of hydrogen-bond donors (Lipinski definition) is 2. The zero-order valence-corrected chi connectivity index (χ0v) is 17.5. The molecular formula is C23H28N2O5. The molecule has 30 heavy (non-hydrogen) atoms. The van der Waals surface area contributed by atoms with Gasteiger partial charge in [0.2, 0.25) is 0 Å². The van der Waals surface area contributed by atoms with Crippen molar-refractivity contribution in [3.8, 4) is 5.75 Å². The van der Waals surface area contributed by atoms with E-state index in [1.807, 2.05) is 25.1 Å². The average molecular weight is 412 g/mol. The van der Waals surface area contributed by atoms with Crippen LogP contribution in [0.25, 0.3) is 0 Å². The van der Waals surface area contributed by atoms with Gasteiger partial charge in [-0.05, 0) is 42.2 Å². The van der Waals surface area contributed by atoms with Gasteiger partial charge in [-0.3, -0.25) is 9.59 Å². The van der Waals surface area contributed by atoms with E-state index in [4.69, 9.17) is 9.47 Å². The number of esters is 1. The first-order valence-corrected chi connectivity index (χ1v) is 9.91. The molecule has 0 unspecified atom stereocenters. The smallest absolute Gasteiger partial charge is 0.329 e. The number of benzene rings is 2. The highest BCUT2D eigenvalue weighted by atomic mass is 16.5. The Morgan fingerprint density at radius 2 is 1.57 bits per heavy atom. The molecule has 0 heterocycles. The second-order valence-electron chi connectivity index (χ2n) is 7.10. The lowest BCUT2D eigenvalue weighted by atomic mass is 10.0. The Hall–Kier alpha value is -3.35. The second kappa shape index (κ2) is 11.6. The average Bonchev–Trinajstić information content (AvgIpc) is 2.75. The molecule has 7 nitrogen and oxygen atoms in total. The van der Waals surface area contributed by atoms with E-state index >= 15 is 0 Å². The van der Waals surface area contributed by atoms with Crippen molar-refractivity contribution in [2.45, 2.75) is 33.2 Å². The number of carbonyl (C=O) groups excluding carboxylic acids is 3. The predicted molar refractivity (Wildman–Crippen MR) is 114 cm³/mol. The van der Waals surface area contributed by atoms with Crippen molar-refractivity contribution in [1.82, 2.24) is 5.32 Å². The molecule has 7 heteroatoms. The summed E-state index contributed by atoms with van der Waals surface area (Å²) in [6.45, 7) is 4.94. The van der Waals surface area contributed by atoms with Gasteiger partial charge in [-0.2, -0.15) is 0 Å². The third-order valence-corrected chi connectivity index (χ3v) is 4.34. The number of para-hydroxylation sites is 1. The van der Waals surface area contributed by atoms with Crippen LogP contribution in [0.5, 0.6) is 5.75 Å². The van der Waals surface area contributed by atoms with Gasteiger partial charge in [-0.15, -0.1) is 0 Å². The highest BCUT2D eigenvalue weighted by Gasteiger charge is 2.26. The number of nitrogens with one attached hydrogen (secondary N) is 2. The number of rotatable bonds is 10. The molecule has 2 aromatic rings. The van der Waals surface area contributed by atoms with Gasteiger partial charge < -0.3 is 20.1 Å². The zero-order chi connectivity index (χ0) is 21.9.